The summed E-state index contributed by atoms with van der Waals surface area (Å²) in [6.45, 7) is 0.948. The molecule has 0 saturated carbocycles. The molecule has 8 heteroatoms. The Morgan fingerprint density at radius 2 is 2.07 bits per heavy atom. The monoisotopic (exact) mass is 365 g/mol. The van der Waals surface area contributed by atoms with Crippen molar-refractivity contribution in [3.63, 3.8) is 0 Å². The van der Waals surface area contributed by atoms with Crippen LogP contribution in [0.4, 0.5) is 11.5 Å². The highest BCUT2D eigenvalue weighted by Gasteiger charge is 2.38. The van der Waals surface area contributed by atoms with E-state index in [1.54, 1.807) is 23.2 Å². The Labute approximate surface area is 155 Å². The van der Waals surface area contributed by atoms with E-state index in [4.69, 9.17) is 5.73 Å². The average Bonchev–Trinajstić information content (AvgIpc) is 2.97. The Bertz CT molecular complexity index is 925. The van der Waals surface area contributed by atoms with Crippen LogP contribution in [0, 0.1) is 0 Å². The van der Waals surface area contributed by atoms with Crippen LogP contribution < -0.4 is 16.4 Å². The quantitative estimate of drug-likeness (QED) is 0.697. The van der Waals surface area contributed by atoms with Gasteiger partial charge in [-0.15, -0.1) is 0 Å². The van der Waals surface area contributed by atoms with E-state index in [1.165, 1.54) is 0 Å². The molecule has 2 aromatic rings. The maximum absolute atomic E-state index is 12.7. The van der Waals surface area contributed by atoms with E-state index in [2.05, 4.69) is 15.6 Å². The molecule has 1 aromatic heterocycles. The maximum Gasteiger partial charge on any atom is 0.255 e. The molecule has 0 spiro atoms. The third-order valence-corrected chi connectivity index (χ3v) is 4.87. The van der Waals surface area contributed by atoms with Gasteiger partial charge in [0.25, 0.3) is 5.91 Å². The van der Waals surface area contributed by atoms with Crippen molar-refractivity contribution < 1.29 is 14.4 Å². The first-order valence-electron chi connectivity index (χ1n) is 8.73. The normalized spacial score (nSPS) is 19.0. The summed E-state index contributed by atoms with van der Waals surface area (Å²) < 4.78 is 0. The van der Waals surface area contributed by atoms with Crippen molar-refractivity contribution in [1.82, 2.24) is 15.2 Å². The van der Waals surface area contributed by atoms with Gasteiger partial charge in [-0.3, -0.25) is 19.7 Å². The fourth-order valence-corrected chi connectivity index (χ4v) is 3.45. The van der Waals surface area contributed by atoms with Crippen molar-refractivity contribution in [3.8, 4) is 0 Å². The summed E-state index contributed by atoms with van der Waals surface area (Å²) in [5, 5.41) is 5.57. The van der Waals surface area contributed by atoms with Crippen LogP contribution in [-0.4, -0.2) is 33.6 Å². The molecule has 1 aromatic carbocycles. The highest BCUT2D eigenvalue weighted by molar-refractivity contribution is 6.05. The predicted octanol–water partition coefficient (Wildman–Crippen LogP) is 1.04. The Morgan fingerprint density at radius 1 is 1.22 bits per heavy atom. The molecular weight excluding hydrogens is 346 g/mol. The molecule has 138 valence electrons. The smallest absolute Gasteiger partial charge is 0.255 e. The SMILES string of the molecule is Nc1ccc(NCc2ccc3c(c2)CN(C2CCC(=O)NC2=O)C3=O)cn1. The van der Waals surface area contributed by atoms with E-state index in [-0.39, 0.29) is 18.2 Å². The molecule has 1 atom stereocenters. The number of nitrogens with one attached hydrogen (secondary N) is 2. The van der Waals surface area contributed by atoms with Gasteiger partial charge in [0.15, 0.2) is 0 Å². The zero-order chi connectivity index (χ0) is 19.0. The van der Waals surface area contributed by atoms with Gasteiger partial charge in [-0.1, -0.05) is 12.1 Å². The first kappa shape index (κ1) is 17.0. The number of aromatic nitrogens is 1. The molecule has 3 amide bonds. The van der Waals surface area contributed by atoms with Crippen LogP contribution in [0.25, 0.3) is 0 Å². The number of piperidine rings is 1. The van der Waals surface area contributed by atoms with E-state index < -0.39 is 11.9 Å². The van der Waals surface area contributed by atoms with Crippen LogP contribution in [-0.2, 0) is 22.7 Å². The van der Waals surface area contributed by atoms with E-state index in [9.17, 15) is 14.4 Å². The summed E-state index contributed by atoms with van der Waals surface area (Å²) in [6.07, 6.45) is 2.28. The molecule has 2 aliphatic rings. The molecule has 4 rings (SSSR count). The second-order valence-electron chi connectivity index (χ2n) is 6.72. The van der Waals surface area contributed by atoms with Crippen LogP contribution in [0.15, 0.2) is 36.5 Å². The minimum atomic E-state index is -0.593. The van der Waals surface area contributed by atoms with Crippen LogP contribution in [0.5, 0.6) is 0 Å². The summed E-state index contributed by atoms with van der Waals surface area (Å²) in [4.78, 5) is 41.7. The molecule has 4 N–H and O–H groups in total. The summed E-state index contributed by atoms with van der Waals surface area (Å²) >= 11 is 0. The Hall–Kier alpha value is -3.42. The second kappa shape index (κ2) is 6.71. The van der Waals surface area contributed by atoms with Crippen LogP contribution in [0.1, 0.15) is 34.3 Å². The number of nitrogens with two attached hydrogens (primary N) is 1. The minimum Gasteiger partial charge on any atom is -0.384 e. The number of pyridine rings is 1. The number of hydrogen-bond donors (Lipinski definition) is 3. The number of fused-ring (bicyclic) bond motifs is 1. The topological polar surface area (TPSA) is 117 Å². The number of benzene rings is 1. The molecule has 2 aliphatic heterocycles. The van der Waals surface area contributed by atoms with Gasteiger partial charge in [0.2, 0.25) is 11.8 Å². The lowest BCUT2D eigenvalue weighted by atomic mass is 10.0. The van der Waals surface area contributed by atoms with E-state index >= 15 is 0 Å². The van der Waals surface area contributed by atoms with Crippen molar-refractivity contribution in [2.45, 2.75) is 32.0 Å². The first-order chi connectivity index (χ1) is 13.0. The molecule has 3 heterocycles. The average molecular weight is 365 g/mol. The van der Waals surface area contributed by atoms with Gasteiger partial charge in [-0.2, -0.15) is 0 Å². The number of imide groups is 1. The summed E-state index contributed by atoms with van der Waals surface area (Å²) in [6, 6.07) is 8.64. The fourth-order valence-electron chi connectivity index (χ4n) is 3.45. The van der Waals surface area contributed by atoms with Crippen molar-refractivity contribution in [2.75, 3.05) is 11.1 Å². The standard InChI is InChI=1S/C19H19N5O3/c20-16-5-2-13(9-22-16)21-8-11-1-3-14-12(7-11)10-24(19(14)27)15-4-6-17(25)23-18(15)26/h1-3,5,7,9,15,21H,4,6,8,10H2,(H2,20,22)(H,23,25,26). The summed E-state index contributed by atoms with van der Waals surface area (Å²) in [5.74, 6) is -0.386. The molecule has 1 fully saturated rings. The van der Waals surface area contributed by atoms with E-state index in [1.807, 2.05) is 18.2 Å². The molecule has 8 nitrogen and oxygen atoms in total. The largest absolute Gasteiger partial charge is 0.384 e. The maximum atomic E-state index is 12.7. The van der Waals surface area contributed by atoms with Gasteiger partial charge in [0.05, 0.1) is 11.9 Å². The van der Waals surface area contributed by atoms with Gasteiger partial charge >= 0.3 is 0 Å². The van der Waals surface area contributed by atoms with Gasteiger partial charge < -0.3 is 16.0 Å². The number of nitrogens with zero attached hydrogens (tertiary/aromatic N) is 2. The summed E-state index contributed by atoms with van der Waals surface area (Å²) in [7, 11) is 0. The predicted molar refractivity (Wildman–Crippen MR) is 98.5 cm³/mol. The third kappa shape index (κ3) is 3.33. The lowest BCUT2D eigenvalue weighted by Crippen LogP contribution is -2.52. The zero-order valence-electron chi connectivity index (χ0n) is 14.6. The lowest BCUT2D eigenvalue weighted by Gasteiger charge is -2.29. The van der Waals surface area contributed by atoms with Crippen molar-refractivity contribution in [3.05, 3.63) is 53.2 Å². The van der Waals surface area contributed by atoms with Gasteiger partial charge in [-0.05, 0) is 35.7 Å². The number of rotatable bonds is 4. The molecule has 0 radical (unpaired) electrons. The number of hydrogen-bond acceptors (Lipinski definition) is 6. The first-order valence-corrected chi connectivity index (χ1v) is 8.73. The van der Waals surface area contributed by atoms with Crippen LogP contribution >= 0.6 is 0 Å². The molecule has 27 heavy (non-hydrogen) atoms. The van der Waals surface area contributed by atoms with Crippen molar-refractivity contribution >= 4 is 29.2 Å². The fraction of sp³-hybridized carbons (Fsp3) is 0.263. The van der Waals surface area contributed by atoms with Crippen LogP contribution in [0.3, 0.4) is 0 Å². The Morgan fingerprint density at radius 3 is 2.81 bits per heavy atom. The van der Waals surface area contributed by atoms with E-state index in [0.717, 1.165) is 16.8 Å². The highest BCUT2D eigenvalue weighted by Crippen LogP contribution is 2.28. The number of anilines is 2. The van der Waals surface area contributed by atoms with Crippen molar-refractivity contribution in [1.29, 1.82) is 0 Å². The van der Waals surface area contributed by atoms with Crippen molar-refractivity contribution in [2.24, 2.45) is 0 Å². The van der Waals surface area contributed by atoms with E-state index in [0.29, 0.717) is 30.9 Å². The Kier molecular flexibility index (Phi) is 4.23. The number of carbonyl (C=O) groups is 3. The number of carbonyl (C=O) groups excluding carboxylic acids is 3. The molecular formula is C19H19N5O3. The molecule has 1 unspecified atom stereocenters. The third-order valence-electron chi connectivity index (χ3n) is 4.87. The molecule has 0 bridgehead atoms. The summed E-state index contributed by atoms with van der Waals surface area (Å²) in [5.41, 5.74) is 8.94. The molecule has 1 saturated heterocycles. The molecule has 0 aliphatic carbocycles. The minimum absolute atomic E-state index is 0.165. The lowest BCUT2D eigenvalue weighted by molar-refractivity contribution is -0.136. The highest BCUT2D eigenvalue weighted by atomic mass is 16.2. The van der Waals surface area contributed by atoms with Gasteiger partial charge in [0, 0.05) is 25.1 Å². The van der Waals surface area contributed by atoms with Crippen LogP contribution in [0.2, 0.25) is 0 Å². The number of amides is 3. The number of nitrogen functional groups attached to an aromatic ring is 1. The second-order valence-corrected chi connectivity index (χ2v) is 6.72. The zero-order valence-corrected chi connectivity index (χ0v) is 14.6. The Balaban J connectivity index is 1.46. The van der Waals surface area contributed by atoms with Gasteiger partial charge in [0.1, 0.15) is 11.9 Å². The van der Waals surface area contributed by atoms with Gasteiger partial charge in [-0.25, -0.2) is 4.98 Å².